The first-order chi connectivity index (χ1) is 10.1. The number of hydrogen-bond acceptors (Lipinski definition) is 6. The predicted octanol–water partition coefficient (Wildman–Crippen LogP) is 2.50. The molecule has 1 aliphatic rings. The smallest absolute Gasteiger partial charge is 0.225 e. The van der Waals surface area contributed by atoms with E-state index in [9.17, 15) is 5.11 Å². The van der Waals surface area contributed by atoms with Crippen molar-refractivity contribution in [3.8, 4) is 0 Å². The van der Waals surface area contributed by atoms with Crippen molar-refractivity contribution >= 4 is 33.3 Å². The summed E-state index contributed by atoms with van der Waals surface area (Å²) in [4.78, 5) is 13.8. The van der Waals surface area contributed by atoms with Crippen molar-refractivity contribution in [1.29, 1.82) is 0 Å². The van der Waals surface area contributed by atoms with Crippen molar-refractivity contribution in [2.24, 2.45) is 5.92 Å². The molecule has 0 saturated heterocycles. The van der Waals surface area contributed by atoms with Crippen LogP contribution in [-0.4, -0.2) is 41.8 Å². The molecule has 1 fully saturated rings. The maximum absolute atomic E-state index is 9.44. The van der Waals surface area contributed by atoms with E-state index in [1.165, 1.54) is 4.88 Å². The van der Waals surface area contributed by atoms with Crippen molar-refractivity contribution < 1.29 is 5.11 Å². The first-order valence-corrected chi connectivity index (χ1v) is 8.29. The molecular weight excluding hydrogens is 284 g/mol. The number of rotatable bonds is 5. The summed E-state index contributed by atoms with van der Waals surface area (Å²) in [6.45, 7) is 3.10. The number of hydrogen-bond donors (Lipinski definition) is 2. The zero-order valence-corrected chi connectivity index (χ0v) is 13.6. The molecule has 0 aromatic carbocycles. The standard InChI is InChI=1S/C15H22N4OS/c1-4-11-7-12-13(17-15(16-2)18-14(12)21-11)19(3)8-9-5-10(20)6-9/h7,9-10,20H,4-6,8H2,1-3H3,(H,16,17,18). The zero-order chi connectivity index (χ0) is 15.0. The largest absolute Gasteiger partial charge is 0.393 e. The van der Waals surface area contributed by atoms with Crippen LogP contribution in [0.5, 0.6) is 0 Å². The minimum Gasteiger partial charge on any atom is -0.393 e. The van der Waals surface area contributed by atoms with E-state index < -0.39 is 0 Å². The van der Waals surface area contributed by atoms with Crippen LogP contribution in [0, 0.1) is 5.92 Å². The van der Waals surface area contributed by atoms with Gasteiger partial charge in [-0.05, 0) is 31.2 Å². The Hall–Kier alpha value is -1.40. The first-order valence-electron chi connectivity index (χ1n) is 7.48. The van der Waals surface area contributed by atoms with Crippen molar-refractivity contribution in [2.75, 3.05) is 30.9 Å². The Labute approximate surface area is 129 Å². The molecule has 0 bridgehead atoms. The van der Waals surface area contributed by atoms with Crippen LogP contribution in [0.3, 0.4) is 0 Å². The third-order valence-electron chi connectivity index (χ3n) is 4.10. The number of aliphatic hydroxyl groups is 1. The lowest BCUT2D eigenvalue weighted by molar-refractivity contribution is 0.0464. The number of anilines is 2. The van der Waals surface area contributed by atoms with Crippen LogP contribution in [0.1, 0.15) is 24.6 Å². The summed E-state index contributed by atoms with van der Waals surface area (Å²) in [5.74, 6) is 2.22. The Morgan fingerprint density at radius 3 is 2.81 bits per heavy atom. The third-order valence-corrected chi connectivity index (χ3v) is 5.27. The number of nitrogens with one attached hydrogen (secondary N) is 1. The highest BCUT2D eigenvalue weighted by Gasteiger charge is 2.28. The molecular formula is C15H22N4OS. The van der Waals surface area contributed by atoms with E-state index in [2.05, 4.69) is 40.2 Å². The molecule has 0 atom stereocenters. The van der Waals surface area contributed by atoms with Crippen LogP contribution in [0.2, 0.25) is 0 Å². The van der Waals surface area contributed by atoms with Crippen molar-refractivity contribution in [1.82, 2.24) is 9.97 Å². The normalized spacial score (nSPS) is 21.3. The summed E-state index contributed by atoms with van der Waals surface area (Å²) >= 11 is 1.74. The molecule has 1 saturated carbocycles. The van der Waals surface area contributed by atoms with Gasteiger partial charge in [0, 0.05) is 25.5 Å². The molecule has 1 aliphatic carbocycles. The van der Waals surface area contributed by atoms with Crippen molar-refractivity contribution in [3.63, 3.8) is 0 Å². The lowest BCUT2D eigenvalue weighted by Crippen LogP contribution is -2.37. The van der Waals surface area contributed by atoms with Crippen LogP contribution in [0.15, 0.2) is 6.07 Å². The molecule has 0 radical (unpaired) electrons. The summed E-state index contributed by atoms with van der Waals surface area (Å²) < 4.78 is 0. The fraction of sp³-hybridized carbons (Fsp3) is 0.600. The number of aryl methyl sites for hydroxylation is 1. The third kappa shape index (κ3) is 2.82. The van der Waals surface area contributed by atoms with Crippen molar-refractivity contribution in [3.05, 3.63) is 10.9 Å². The van der Waals surface area contributed by atoms with Gasteiger partial charge in [-0.2, -0.15) is 4.98 Å². The molecule has 0 amide bonds. The molecule has 114 valence electrons. The highest BCUT2D eigenvalue weighted by molar-refractivity contribution is 7.18. The van der Waals surface area contributed by atoms with Gasteiger partial charge in [0.25, 0.3) is 0 Å². The van der Waals surface area contributed by atoms with E-state index in [1.807, 2.05) is 7.05 Å². The van der Waals surface area contributed by atoms with Crippen LogP contribution < -0.4 is 10.2 Å². The Morgan fingerprint density at radius 2 is 2.19 bits per heavy atom. The highest BCUT2D eigenvalue weighted by atomic mass is 32.1. The van der Waals surface area contributed by atoms with Crippen LogP contribution in [-0.2, 0) is 6.42 Å². The van der Waals surface area contributed by atoms with Gasteiger partial charge in [0.15, 0.2) is 0 Å². The quantitative estimate of drug-likeness (QED) is 0.889. The molecule has 2 aromatic rings. The first kappa shape index (κ1) is 14.5. The van der Waals surface area contributed by atoms with E-state index >= 15 is 0 Å². The van der Waals surface area contributed by atoms with E-state index in [1.54, 1.807) is 11.3 Å². The Kier molecular flexibility index (Phi) is 3.99. The average Bonchev–Trinajstić information content (AvgIpc) is 2.87. The van der Waals surface area contributed by atoms with E-state index in [-0.39, 0.29) is 6.10 Å². The fourth-order valence-electron chi connectivity index (χ4n) is 2.86. The lowest BCUT2D eigenvalue weighted by Gasteiger charge is -2.35. The highest BCUT2D eigenvalue weighted by Crippen LogP contribution is 2.34. The summed E-state index contributed by atoms with van der Waals surface area (Å²) in [7, 11) is 3.93. The van der Waals surface area contributed by atoms with Crippen LogP contribution in [0.4, 0.5) is 11.8 Å². The second kappa shape index (κ2) is 5.77. The van der Waals surface area contributed by atoms with E-state index in [4.69, 9.17) is 0 Å². The summed E-state index contributed by atoms with van der Waals surface area (Å²) in [6.07, 6.45) is 2.73. The van der Waals surface area contributed by atoms with Gasteiger partial charge < -0.3 is 15.3 Å². The minimum absolute atomic E-state index is 0.102. The predicted molar refractivity (Wildman–Crippen MR) is 88.3 cm³/mol. The van der Waals surface area contributed by atoms with Gasteiger partial charge in [-0.1, -0.05) is 6.92 Å². The zero-order valence-electron chi connectivity index (χ0n) is 12.8. The summed E-state index contributed by atoms with van der Waals surface area (Å²) in [6, 6.07) is 2.21. The van der Waals surface area contributed by atoms with Crippen LogP contribution in [0.25, 0.3) is 10.2 Å². The second-order valence-corrected chi connectivity index (χ2v) is 6.89. The molecule has 0 unspecified atom stereocenters. The van der Waals surface area contributed by atoms with Gasteiger partial charge in [-0.25, -0.2) is 4.98 Å². The SMILES string of the molecule is CCc1cc2c(N(C)CC3CC(O)C3)nc(NC)nc2s1. The fourth-order valence-corrected chi connectivity index (χ4v) is 3.82. The number of fused-ring (bicyclic) bond motifs is 1. The number of aliphatic hydroxyl groups excluding tert-OH is 1. The van der Waals surface area contributed by atoms with Gasteiger partial charge in [-0.15, -0.1) is 11.3 Å². The molecule has 2 heterocycles. The molecule has 2 N–H and O–H groups in total. The van der Waals surface area contributed by atoms with Gasteiger partial charge in [0.2, 0.25) is 5.95 Å². The number of nitrogens with zero attached hydrogens (tertiary/aromatic N) is 3. The molecule has 3 rings (SSSR count). The van der Waals surface area contributed by atoms with E-state index in [0.29, 0.717) is 11.9 Å². The second-order valence-electron chi connectivity index (χ2n) is 5.78. The number of aromatic nitrogens is 2. The minimum atomic E-state index is -0.102. The Morgan fingerprint density at radius 1 is 1.43 bits per heavy atom. The summed E-state index contributed by atoms with van der Waals surface area (Å²) in [5.41, 5.74) is 0. The average molecular weight is 306 g/mol. The van der Waals surface area contributed by atoms with Gasteiger partial charge in [0.05, 0.1) is 11.5 Å². The Bertz CT molecular complexity index is 636. The summed E-state index contributed by atoms with van der Waals surface area (Å²) in [5, 5.41) is 13.6. The molecule has 5 nitrogen and oxygen atoms in total. The van der Waals surface area contributed by atoms with E-state index in [0.717, 1.165) is 41.8 Å². The monoisotopic (exact) mass is 306 g/mol. The maximum atomic E-state index is 9.44. The maximum Gasteiger partial charge on any atom is 0.225 e. The Balaban J connectivity index is 1.92. The number of thiophene rings is 1. The molecule has 0 spiro atoms. The van der Waals surface area contributed by atoms with Crippen molar-refractivity contribution in [2.45, 2.75) is 32.3 Å². The molecule has 0 aliphatic heterocycles. The van der Waals surface area contributed by atoms with Gasteiger partial charge in [-0.3, -0.25) is 0 Å². The molecule has 21 heavy (non-hydrogen) atoms. The van der Waals surface area contributed by atoms with Gasteiger partial charge in [0.1, 0.15) is 10.6 Å². The molecule has 2 aromatic heterocycles. The molecule has 6 heteroatoms. The van der Waals surface area contributed by atoms with Crippen LogP contribution >= 0.6 is 11.3 Å². The topological polar surface area (TPSA) is 61.3 Å². The lowest BCUT2D eigenvalue weighted by atomic mass is 9.82. The van der Waals surface area contributed by atoms with Gasteiger partial charge >= 0.3 is 0 Å².